The van der Waals surface area contributed by atoms with Gasteiger partial charge < -0.3 is 9.64 Å². The van der Waals surface area contributed by atoms with Crippen molar-refractivity contribution in [2.45, 2.75) is 0 Å². The van der Waals surface area contributed by atoms with Crippen molar-refractivity contribution in [1.82, 2.24) is 9.80 Å². The lowest BCUT2D eigenvalue weighted by atomic mass is 10.0. The number of carbonyl (C=O) groups excluding carboxylic acids is 1. The Bertz CT molecular complexity index is 1030. The minimum Gasteiger partial charge on any atom is -0.492 e. The molecule has 0 N–H and O–H groups in total. The van der Waals surface area contributed by atoms with Crippen molar-refractivity contribution in [2.75, 3.05) is 39.3 Å². The normalized spacial score (nSPS) is 14.5. The van der Waals surface area contributed by atoms with Gasteiger partial charge in [-0.3, -0.25) is 9.69 Å². The number of ether oxygens (including phenoxy) is 1. The van der Waals surface area contributed by atoms with Crippen LogP contribution in [0.15, 0.2) is 66.7 Å². The van der Waals surface area contributed by atoms with Crippen molar-refractivity contribution in [3.63, 3.8) is 0 Å². The number of rotatable bonds is 5. The summed E-state index contributed by atoms with van der Waals surface area (Å²) >= 11 is 0. The van der Waals surface area contributed by atoms with Gasteiger partial charge in [0, 0.05) is 38.3 Å². The van der Waals surface area contributed by atoms with E-state index in [2.05, 4.69) is 11.0 Å². The summed E-state index contributed by atoms with van der Waals surface area (Å²) in [7, 11) is 0. The number of nitriles is 1. The first-order valence-electron chi connectivity index (χ1n) is 9.87. The molecule has 0 saturated carbocycles. The van der Waals surface area contributed by atoms with Crippen LogP contribution in [0.3, 0.4) is 0 Å². The van der Waals surface area contributed by atoms with Crippen LogP contribution in [0, 0.1) is 11.3 Å². The molecule has 0 bridgehead atoms. The van der Waals surface area contributed by atoms with E-state index in [-0.39, 0.29) is 5.91 Å². The molecule has 0 atom stereocenters. The highest BCUT2D eigenvalue weighted by atomic mass is 16.5. The van der Waals surface area contributed by atoms with Crippen LogP contribution in [0.2, 0.25) is 0 Å². The zero-order valence-electron chi connectivity index (χ0n) is 16.3. The molecule has 3 aromatic rings. The molecule has 1 amide bonds. The zero-order valence-corrected chi connectivity index (χ0v) is 16.3. The van der Waals surface area contributed by atoms with E-state index in [0.29, 0.717) is 12.2 Å². The van der Waals surface area contributed by atoms with E-state index in [9.17, 15) is 4.79 Å². The van der Waals surface area contributed by atoms with Crippen LogP contribution in [0.5, 0.6) is 5.75 Å². The van der Waals surface area contributed by atoms with Crippen LogP contribution in [0.4, 0.5) is 0 Å². The first kappa shape index (κ1) is 19.0. The summed E-state index contributed by atoms with van der Waals surface area (Å²) in [5.41, 5.74) is 1.41. The van der Waals surface area contributed by atoms with Crippen LogP contribution >= 0.6 is 0 Å². The van der Waals surface area contributed by atoms with Crippen molar-refractivity contribution in [3.8, 4) is 11.8 Å². The van der Waals surface area contributed by atoms with Gasteiger partial charge in [-0.25, -0.2) is 0 Å². The third-order valence-electron chi connectivity index (χ3n) is 5.34. The van der Waals surface area contributed by atoms with Crippen molar-refractivity contribution < 1.29 is 9.53 Å². The predicted octanol–water partition coefficient (Wildman–Crippen LogP) is 3.55. The van der Waals surface area contributed by atoms with Gasteiger partial charge in [0.1, 0.15) is 12.4 Å². The maximum Gasteiger partial charge on any atom is 0.254 e. The third kappa shape index (κ3) is 4.39. The number of hydrogen-bond donors (Lipinski definition) is 0. The summed E-state index contributed by atoms with van der Waals surface area (Å²) in [6, 6.07) is 23.2. The molecule has 0 spiro atoms. The maximum atomic E-state index is 13.0. The fourth-order valence-corrected chi connectivity index (χ4v) is 3.68. The highest BCUT2D eigenvalue weighted by Gasteiger charge is 2.23. The van der Waals surface area contributed by atoms with Crippen LogP contribution < -0.4 is 4.74 Å². The summed E-state index contributed by atoms with van der Waals surface area (Å²) in [4.78, 5) is 17.3. The number of fused-ring (bicyclic) bond motifs is 1. The highest BCUT2D eigenvalue weighted by Crippen LogP contribution is 2.20. The fourth-order valence-electron chi connectivity index (χ4n) is 3.68. The lowest BCUT2D eigenvalue weighted by molar-refractivity contribution is 0.0622. The number of hydrogen-bond acceptors (Lipinski definition) is 4. The van der Waals surface area contributed by atoms with E-state index in [4.69, 9.17) is 10.00 Å². The second-order valence-electron chi connectivity index (χ2n) is 7.15. The van der Waals surface area contributed by atoms with Gasteiger partial charge in [-0.05, 0) is 41.1 Å². The molecule has 0 aliphatic carbocycles. The topological polar surface area (TPSA) is 56.6 Å². The Morgan fingerprint density at radius 2 is 1.66 bits per heavy atom. The number of benzene rings is 3. The van der Waals surface area contributed by atoms with Gasteiger partial charge >= 0.3 is 0 Å². The molecule has 146 valence electrons. The summed E-state index contributed by atoms with van der Waals surface area (Å²) < 4.78 is 5.77. The average Bonchev–Trinajstić information content (AvgIpc) is 2.79. The van der Waals surface area contributed by atoms with E-state index >= 15 is 0 Å². The zero-order chi connectivity index (χ0) is 20.1. The Labute approximate surface area is 170 Å². The third-order valence-corrected chi connectivity index (χ3v) is 5.34. The molecular formula is C24H23N3O2. The molecular weight excluding hydrogens is 362 g/mol. The Kier molecular flexibility index (Phi) is 5.73. The smallest absolute Gasteiger partial charge is 0.254 e. The monoisotopic (exact) mass is 385 g/mol. The molecule has 1 aliphatic heterocycles. The molecule has 0 radical (unpaired) electrons. The van der Waals surface area contributed by atoms with Gasteiger partial charge in [-0.1, -0.05) is 36.4 Å². The van der Waals surface area contributed by atoms with Crippen LogP contribution in [-0.4, -0.2) is 55.0 Å². The van der Waals surface area contributed by atoms with Gasteiger partial charge in [0.15, 0.2) is 0 Å². The molecule has 1 fully saturated rings. The first-order valence-corrected chi connectivity index (χ1v) is 9.87. The van der Waals surface area contributed by atoms with E-state index in [0.717, 1.165) is 54.8 Å². The quantitative estimate of drug-likeness (QED) is 0.674. The van der Waals surface area contributed by atoms with Crippen LogP contribution in [0.25, 0.3) is 10.8 Å². The molecule has 5 nitrogen and oxygen atoms in total. The summed E-state index contributed by atoms with van der Waals surface area (Å²) in [5, 5.41) is 10.9. The molecule has 1 aliphatic rings. The van der Waals surface area contributed by atoms with Crippen molar-refractivity contribution in [1.29, 1.82) is 5.26 Å². The molecule has 3 aromatic carbocycles. The van der Waals surface area contributed by atoms with Gasteiger partial charge in [-0.15, -0.1) is 0 Å². The summed E-state index contributed by atoms with van der Waals surface area (Å²) in [6.07, 6.45) is 0. The van der Waals surface area contributed by atoms with E-state index in [1.165, 1.54) is 0 Å². The molecule has 4 rings (SSSR count). The van der Waals surface area contributed by atoms with Gasteiger partial charge in [0.2, 0.25) is 0 Å². The molecule has 1 heterocycles. The Hall–Kier alpha value is -3.36. The first-order chi connectivity index (χ1) is 14.2. The minimum absolute atomic E-state index is 0.107. The molecule has 0 aromatic heterocycles. The van der Waals surface area contributed by atoms with E-state index in [1.54, 1.807) is 12.1 Å². The van der Waals surface area contributed by atoms with Gasteiger partial charge in [-0.2, -0.15) is 5.26 Å². The second-order valence-corrected chi connectivity index (χ2v) is 7.15. The Morgan fingerprint density at radius 1 is 0.931 bits per heavy atom. The van der Waals surface area contributed by atoms with Gasteiger partial charge in [0.05, 0.1) is 11.6 Å². The van der Waals surface area contributed by atoms with E-state index in [1.807, 2.05) is 59.5 Å². The maximum absolute atomic E-state index is 13.0. The number of amides is 1. The Balaban J connectivity index is 1.28. The summed E-state index contributed by atoms with van der Waals surface area (Å²) in [6.45, 7) is 4.53. The average molecular weight is 385 g/mol. The lowest BCUT2D eigenvalue weighted by Gasteiger charge is -2.34. The fraction of sp³-hybridized carbons (Fsp3) is 0.250. The molecule has 29 heavy (non-hydrogen) atoms. The SMILES string of the molecule is N#Cc1ccc(OCCN2CCN(C(=O)c3cccc4ccccc34)CC2)cc1. The second kappa shape index (κ2) is 8.76. The summed E-state index contributed by atoms with van der Waals surface area (Å²) in [5.74, 6) is 0.879. The molecule has 1 saturated heterocycles. The molecule has 5 heteroatoms. The number of nitrogens with zero attached hydrogens (tertiary/aromatic N) is 3. The van der Waals surface area contributed by atoms with Crippen molar-refractivity contribution >= 4 is 16.7 Å². The van der Waals surface area contributed by atoms with Crippen molar-refractivity contribution in [3.05, 3.63) is 77.9 Å². The predicted molar refractivity (Wildman–Crippen MR) is 113 cm³/mol. The van der Waals surface area contributed by atoms with Crippen LogP contribution in [0.1, 0.15) is 15.9 Å². The molecule has 0 unspecified atom stereocenters. The van der Waals surface area contributed by atoms with E-state index < -0.39 is 0 Å². The largest absolute Gasteiger partial charge is 0.492 e. The standard InChI is InChI=1S/C24H23N3O2/c25-18-19-8-10-21(11-9-19)29-17-16-26-12-14-27(15-13-26)24(28)23-7-3-5-20-4-1-2-6-22(20)23/h1-11H,12-17H2. The Morgan fingerprint density at radius 3 is 2.41 bits per heavy atom. The van der Waals surface area contributed by atoms with Crippen LogP contribution in [-0.2, 0) is 0 Å². The van der Waals surface area contributed by atoms with Gasteiger partial charge in [0.25, 0.3) is 5.91 Å². The van der Waals surface area contributed by atoms with Crippen molar-refractivity contribution in [2.24, 2.45) is 0 Å². The minimum atomic E-state index is 0.107. The highest BCUT2D eigenvalue weighted by molar-refractivity contribution is 6.07. The lowest BCUT2D eigenvalue weighted by Crippen LogP contribution is -2.49. The number of carbonyl (C=O) groups is 1. The number of piperazine rings is 1.